The minimum Gasteiger partial charge on any atom is -0.369 e. The van der Waals surface area contributed by atoms with Gasteiger partial charge in [-0.15, -0.1) is 0 Å². The van der Waals surface area contributed by atoms with Gasteiger partial charge in [0.1, 0.15) is 5.69 Å². The average molecular weight is 535 g/mol. The molecule has 1 N–H and O–H groups in total. The molecule has 0 radical (unpaired) electrons. The third-order valence-corrected chi connectivity index (χ3v) is 7.91. The number of rotatable bonds is 7. The zero-order chi connectivity index (χ0) is 27.7. The molecule has 10 heteroatoms. The summed E-state index contributed by atoms with van der Waals surface area (Å²) in [7, 11) is 1.51. The van der Waals surface area contributed by atoms with Crippen molar-refractivity contribution in [3.63, 3.8) is 0 Å². The smallest absolute Gasteiger partial charge is 0.282 e. The largest absolute Gasteiger partial charge is 0.369 e. The lowest BCUT2D eigenvalue weighted by Gasteiger charge is -2.26. The Kier molecular flexibility index (Phi) is 7.20. The van der Waals surface area contributed by atoms with Crippen molar-refractivity contribution in [1.82, 2.24) is 25.0 Å². The molecule has 2 fully saturated rings. The van der Waals surface area contributed by atoms with Crippen molar-refractivity contribution in [2.24, 2.45) is 12.5 Å². The summed E-state index contributed by atoms with van der Waals surface area (Å²) >= 11 is 0. The number of nitrogens with zero attached hydrogens (tertiary/aromatic N) is 5. The average Bonchev–Trinajstić information content (AvgIpc) is 3.66. The molecule has 8 nitrogen and oxygen atoms in total. The lowest BCUT2D eigenvalue weighted by molar-refractivity contribution is -0.125. The Morgan fingerprint density at radius 1 is 1.21 bits per heavy atom. The van der Waals surface area contributed by atoms with E-state index in [1.165, 1.54) is 24.0 Å². The second-order valence-corrected chi connectivity index (χ2v) is 10.5. The van der Waals surface area contributed by atoms with Gasteiger partial charge < -0.3 is 15.1 Å². The number of halogens is 2. The summed E-state index contributed by atoms with van der Waals surface area (Å²) in [5, 5.41) is 6.45. The van der Waals surface area contributed by atoms with Gasteiger partial charge in [-0.05, 0) is 48.6 Å². The lowest BCUT2D eigenvalue weighted by Crippen LogP contribution is -2.33. The van der Waals surface area contributed by atoms with Gasteiger partial charge in [0.25, 0.3) is 12.3 Å². The highest BCUT2D eigenvalue weighted by Gasteiger charge is 2.44. The number of hydrogen-bond donors (Lipinski definition) is 1. The van der Waals surface area contributed by atoms with E-state index in [0.717, 1.165) is 67.0 Å². The van der Waals surface area contributed by atoms with Crippen LogP contribution in [-0.2, 0) is 18.4 Å². The van der Waals surface area contributed by atoms with E-state index in [4.69, 9.17) is 0 Å². The Bertz CT molecular complexity index is 1420. The monoisotopic (exact) mass is 534 g/mol. The van der Waals surface area contributed by atoms with Crippen LogP contribution in [-0.4, -0.2) is 57.7 Å². The summed E-state index contributed by atoms with van der Waals surface area (Å²) < 4.78 is 27.7. The fraction of sp³-hybridized carbons (Fsp3) is 0.379. The quantitative estimate of drug-likeness (QED) is 0.458. The molecule has 1 aromatic carbocycles. The number of nitrogens with one attached hydrogen (secondary N) is 1. The molecule has 1 unspecified atom stereocenters. The molecule has 1 spiro atoms. The van der Waals surface area contributed by atoms with Crippen LogP contribution in [0.15, 0.2) is 55.5 Å². The SMILES string of the molecule is C=CC(=O)N1CCC2(CCN(c3cnccc3-c3ccc(CNC(=O)c4cn(C)nc4C(F)F)c(C)c3)C2)C1. The first-order chi connectivity index (χ1) is 18.7. The normalized spacial score (nSPS) is 18.8. The third-order valence-electron chi connectivity index (χ3n) is 7.91. The van der Waals surface area contributed by atoms with Crippen molar-refractivity contribution in [2.75, 3.05) is 31.1 Å². The number of aryl methyl sites for hydroxylation is 2. The maximum atomic E-state index is 13.2. The highest BCUT2D eigenvalue weighted by atomic mass is 19.3. The molecule has 1 atom stereocenters. The predicted octanol–water partition coefficient (Wildman–Crippen LogP) is 4.27. The van der Waals surface area contributed by atoms with Crippen LogP contribution in [0.3, 0.4) is 0 Å². The van der Waals surface area contributed by atoms with E-state index in [1.54, 1.807) is 6.20 Å². The number of hydrogen-bond acceptors (Lipinski definition) is 5. The number of carbonyl (C=O) groups is 2. The van der Waals surface area contributed by atoms with Crippen molar-refractivity contribution >= 4 is 17.5 Å². The Balaban J connectivity index is 1.30. The van der Waals surface area contributed by atoms with Gasteiger partial charge in [-0.2, -0.15) is 5.10 Å². The van der Waals surface area contributed by atoms with E-state index in [-0.39, 0.29) is 23.4 Å². The van der Waals surface area contributed by atoms with Gasteiger partial charge in [-0.3, -0.25) is 19.3 Å². The van der Waals surface area contributed by atoms with Gasteiger partial charge in [-0.1, -0.05) is 24.8 Å². The van der Waals surface area contributed by atoms with Crippen molar-refractivity contribution in [1.29, 1.82) is 0 Å². The molecule has 0 aliphatic carbocycles. The molecule has 2 aliphatic heterocycles. The highest BCUT2D eigenvalue weighted by molar-refractivity contribution is 5.95. The molecule has 0 saturated carbocycles. The van der Waals surface area contributed by atoms with E-state index >= 15 is 0 Å². The molecule has 4 heterocycles. The summed E-state index contributed by atoms with van der Waals surface area (Å²) in [6, 6.07) is 8.04. The molecular weight excluding hydrogens is 502 g/mol. The van der Waals surface area contributed by atoms with Crippen LogP contribution in [0.1, 0.15) is 46.4 Å². The van der Waals surface area contributed by atoms with E-state index < -0.39 is 18.0 Å². The Morgan fingerprint density at radius 2 is 2.00 bits per heavy atom. The molecule has 2 aliphatic rings. The first-order valence-corrected chi connectivity index (χ1v) is 13.0. The first kappa shape index (κ1) is 26.5. The van der Waals surface area contributed by atoms with Gasteiger partial charge >= 0.3 is 0 Å². The Hall–Kier alpha value is -4.08. The van der Waals surface area contributed by atoms with Gasteiger partial charge in [0.2, 0.25) is 5.91 Å². The molecule has 3 aromatic rings. The van der Waals surface area contributed by atoms with Crippen LogP contribution >= 0.6 is 0 Å². The number of amides is 2. The minimum atomic E-state index is -2.82. The van der Waals surface area contributed by atoms with Gasteiger partial charge in [0.15, 0.2) is 0 Å². The molecule has 2 aromatic heterocycles. The molecule has 5 rings (SSSR count). The highest BCUT2D eigenvalue weighted by Crippen LogP contribution is 2.43. The number of alkyl halides is 2. The topological polar surface area (TPSA) is 83.4 Å². The van der Waals surface area contributed by atoms with E-state index in [1.807, 2.05) is 36.2 Å². The van der Waals surface area contributed by atoms with Crippen LogP contribution in [0.5, 0.6) is 0 Å². The van der Waals surface area contributed by atoms with Crippen LogP contribution in [0.2, 0.25) is 0 Å². The van der Waals surface area contributed by atoms with Gasteiger partial charge in [-0.25, -0.2) is 8.78 Å². The maximum absolute atomic E-state index is 13.2. The lowest BCUT2D eigenvalue weighted by atomic mass is 9.86. The third kappa shape index (κ3) is 5.28. The number of benzene rings is 1. The molecule has 0 bridgehead atoms. The van der Waals surface area contributed by atoms with Crippen molar-refractivity contribution < 1.29 is 18.4 Å². The fourth-order valence-electron chi connectivity index (χ4n) is 5.78. The van der Waals surface area contributed by atoms with E-state index in [0.29, 0.717) is 0 Å². The van der Waals surface area contributed by atoms with Crippen LogP contribution in [0, 0.1) is 12.3 Å². The number of likely N-dealkylation sites (tertiary alicyclic amines) is 1. The summed E-state index contributed by atoms with van der Waals surface area (Å²) in [6.45, 7) is 9.08. The Morgan fingerprint density at radius 3 is 2.74 bits per heavy atom. The second-order valence-electron chi connectivity index (χ2n) is 10.5. The van der Waals surface area contributed by atoms with Crippen LogP contribution < -0.4 is 10.2 Å². The van der Waals surface area contributed by atoms with Crippen molar-refractivity contribution in [2.45, 2.75) is 32.7 Å². The van der Waals surface area contributed by atoms with E-state index in [9.17, 15) is 18.4 Å². The van der Waals surface area contributed by atoms with Crippen LogP contribution in [0.4, 0.5) is 14.5 Å². The maximum Gasteiger partial charge on any atom is 0.282 e. The van der Waals surface area contributed by atoms with Gasteiger partial charge in [0.05, 0.1) is 17.4 Å². The minimum absolute atomic E-state index is 0.00552. The summed E-state index contributed by atoms with van der Waals surface area (Å²) in [4.78, 5) is 33.4. The fourth-order valence-corrected chi connectivity index (χ4v) is 5.78. The molecule has 2 saturated heterocycles. The standard InChI is InChI=1S/C29H32F2N6O2/c1-4-25(38)37-12-9-29(18-37)8-11-36(17-29)24-15-32-10-7-22(24)20-5-6-21(19(2)13-20)14-33-28(39)23-16-35(3)34-26(23)27(30)31/h4-7,10,13,15-16,27H,1,8-9,11-12,14,17-18H2,2-3H3,(H,33,39). The second kappa shape index (κ2) is 10.6. The summed E-state index contributed by atoms with van der Waals surface area (Å²) in [5.74, 6) is -0.587. The number of pyridine rings is 1. The Labute approximate surface area is 226 Å². The molecule has 204 valence electrons. The summed E-state index contributed by atoms with van der Waals surface area (Å²) in [5.41, 5.74) is 4.46. The van der Waals surface area contributed by atoms with Crippen molar-refractivity contribution in [3.8, 4) is 11.1 Å². The number of carbonyl (C=O) groups excluding carboxylic acids is 2. The molecular formula is C29H32F2N6O2. The number of anilines is 1. The van der Waals surface area contributed by atoms with Crippen molar-refractivity contribution in [3.05, 3.63) is 77.9 Å². The first-order valence-electron chi connectivity index (χ1n) is 13.0. The van der Waals surface area contributed by atoms with Crippen LogP contribution in [0.25, 0.3) is 11.1 Å². The molecule has 2 amide bonds. The van der Waals surface area contributed by atoms with Gasteiger partial charge in [0, 0.05) is 63.1 Å². The van der Waals surface area contributed by atoms with E-state index in [2.05, 4.69) is 32.9 Å². The zero-order valence-corrected chi connectivity index (χ0v) is 22.2. The number of aromatic nitrogens is 3. The zero-order valence-electron chi connectivity index (χ0n) is 22.2. The molecule has 39 heavy (non-hydrogen) atoms. The summed E-state index contributed by atoms with van der Waals surface area (Å²) in [6.07, 6.45) is 5.55. The predicted molar refractivity (Wildman–Crippen MR) is 144 cm³/mol.